The van der Waals surface area contributed by atoms with E-state index in [2.05, 4.69) is 30.2 Å². The van der Waals surface area contributed by atoms with Gasteiger partial charge in [-0.05, 0) is 18.2 Å². The van der Waals surface area contributed by atoms with Crippen molar-refractivity contribution in [2.24, 2.45) is 0 Å². The summed E-state index contributed by atoms with van der Waals surface area (Å²) in [6.45, 7) is 0. The van der Waals surface area contributed by atoms with Gasteiger partial charge in [-0.1, -0.05) is 30.3 Å². The Morgan fingerprint density at radius 3 is 2.53 bits per heavy atom. The third-order valence-electron chi connectivity index (χ3n) is 4.64. The molecule has 0 bridgehead atoms. The van der Waals surface area contributed by atoms with E-state index in [1.165, 1.54) is 16.8 Å². The molecule has 0 radical (unpaired) electrons. The zero-order valence-corrected chi connectivity index (χ0v) is 15.6. The minimum atomic E-state index is -0.411. The van der Waals surface area contributed by atoms with E-state index in [0.29, 0.717) is 22.7 Å². The summed E-state index contributed by atoms with van der Waals surface area (Å²) in [4.78, 5) is 13.3. The first-order chi connectivity index (χ1) is 14.7. The normalized spacial score (nSPS) is 11.1. The fourth-order valence-corrected chi connectivity index (χ4v) is 3.28. The van der Waals surface area contributed by atoms with Crippen LogP contribution in [0.15, 0.2) is 67.1 Å². The van der Waals surface area contributed by atoms with Crippen LogP contribution in [0.3, 0.4) is 0 Å². The average molecular weight is 398 g/mol. The smallest absolute Gasteiger partial charge is 0.223 e. The molecule has 0 saturated heterocycles. The molecule has 0 fully saturated rings. The number of anilines is 1. The molecule has 4 aromatic heterocycles. The summed E-state index contributed by atoms with van der Waals surface area (Å²) in [5.74, 6) is 0.149. The molecule has 0 aliphatic heterocycles. The zero-order valence-electron chi connectivity index (χ0n) is 15.6. The first kappa shape index (κ1) is 17.8. The van der Waals surface area contributed by atoms with Crippen molar-refractivity contribution >= 4 is 11.6 Å². The quantitative estimate of drug-likeness (QED) is 0.496. The summed E-state index contributed by atoms with van der Waals surface area (Å²) in [6.07, 6.45) is 4.89. The van der Waals surface area contributed by atoms with Crippen LogP contribution in [0.1, 0.15) is 11.5 Å². The summed E-state index contributed by atoms with van der Waals surface area (Å²) in [5.41, 5.74) is 9.97. The minimum Gasteiger partial charge on any atom is -0.368 e. The van der Waals surface area contributed by atoms with Crippen molar-refractivity contribution in [2.75, 3.05) is 5.73 Å². The van der Waals surface area contributed by atoms with Crippen LogP contribution in [0.2, 0.25) is 0 Å². The summed E-state index contributed by atoms with van der Waals surface area (Å²) in [5, 5.41) is 12.3. The molecule has 0 saturated carbocycles. The first-order valence-electron chi connectivity index (χ1n) is 9.17. The van der Waals surface area contributed by atoms with Crippen LogP contribution >= 0.6 is 0 Å². The first-order valence-corrected chi connectivity index (χ1v) is 9.17. The SMILES string of the molecule is Nc1nc(-c2ccccc2)c(-c2ccnnc2)c2nc(Cc3ncccc3F)nn12. The maximum atomic E-state index is 14.1. The van der Waals surface area contributed by atoms with Gasteiger partial charge in [-0.3, -0.25) is 4.98 Å². The maximum absolute atomic E-state index is 14.1. The molecule has 9 heteroatoms. The lowest BCUT2D eigenvalue weighted by atomic mass is 10.0. The monoisotopic (exact) mass is 398 g/mol. The number of halogens is 1. The van der Waals surface area contributed by atoms with Crippen molar-refractivity contribution in [1.29, 1.82) is 0 Å². The van der Waals surface area contributed by atoms with Crippen LogP contribution in [0.4, 0.5) is 10.3 Å². The highest BCUT2D eigenvalue weighted by molar-refractivity contribution is 5.90. The maximum Gasteiger partial charge on any atom is 0.223 e. The molecule has 0 amide bonds. The lowest BCUT2D eigenvalue weighted by Crippen LogP contribution is -2.06. The molecular weight excluding hydrogens is 383 g/mol. The molecule has 30 heavy (non-hydrogen) atoms. The minimum absolute atomic E-state index is 0.127. The molecule has 0 aliphatic carbocycles. The van der Waals surface area contributed by atoms with E-state index in [1.807, 2.05) is 36.4 Å². The predicted molar refractivity (Wildman–Crippen MR) is 109 cm³/mol. The average Bonchev–Trinajstić information content (AvgIpc) is 3.21. The summed E-state index contributed by atoms with van der Waals surface area (Å²) in [7, 11) is 0. The standard InChI is InChI=1S/C21H15FN8/c22-15-7-4-9-24-16(15)11-17-27-20-18(14-8-10-25-26-12-14)19(13-5-2-1-3-6-13)28-21(23)30(20)29-17/h1-10,12H,11H2,(H2,23,28). The van der Waals surface area contributed by atoms with E-state index in [9.17, 15) is 4.39 Å². The predicted octanol–water partition coefficient (Wildman–Crippen LogP) is 2.96. The highest BCUT2D eigenvalue weighted by Crippen LogP contribution is 2.34. The molecule has 5 aromatic rings. The Labute approximate surface area is 170 Å². The Hall–Kier alpha value is -4.27. The number of nitrogen functional groups attached to an aromatic ring is 1. The van der Waals surface area contributed by atoms with Crippen molar-refractivity contribution in [1.82, 2.24) is 34.8 Å². The molecule has 4 heterocycles. The fourth-order valence-electron chi connectivity index (χ4n) is 3.28. The van der Waals surface area contributed by atoms with Crippen molar-refractivity contribution in [3.05, 3.63) is 84.5 Å². The molecule has 0 unspecified atom stereocenters. The second-order valence-electron chi connectivity index (χ2n) is 6.56. The fraction of sp³-hybridized carbons (Fsp3) is 0.0476. The lowest BCUT2D eigenvalue weighted by Gasteiger charge is -2.11. The molecule has 2 N–H and O–H groups in total. The van der Waals surface area contributed by atoms with Crippen LogP contribution < -0.4 is 5.73 Å². The largest absolute Gasteiger partial charge is 0.368 e. The number of rotatable bonds is 4. The van der Waals surface area contributed by atoms with Crippen LogP contribution in [-0.4, -0.2) is 34.8 Å². The van der Waals surface area contributed by atoms with Gasteiger partial charge in [0.25, 0.3) is 0 Å². The number of nitrogens with two attached hydrogens (primary N) is 1. The van der Waals surface area contributed by atoms with Crippen molar-refractivity contribution in [2.45, 2.75) is 6.42 Å². The third kappa shape index (κ3) is 3.12. The Kier molecular flexibility index (Phi) is 4.32. The van der Waals surface area contributed by atoms with Gasteiger partial charge in [-0.15, -0.1) is 5.10 Å². The van der Waals surface area contributed by atoms with Gasteiger partial charge in [0.1, 0.15) is 5.82 Å². The number of hydrogen-bond donors (Lipinski definition) is 1. The Morgan fingerprint density at radius 1 is 0.900 bits per heavy atom. The Bertz CT molecular complexity index is 1340. The molecule has 8 nitrogen and oxygen atoms in total. The zero-order chi connectivity index (χ0) is 20.5. The van der Waals surface area contributed by atoms with Crippen molar-refractivity contribution in [3.63, 3.8) is 0 Å². The van der Waals surface area contributed by atoms with Crippen LogP contribution in [0, 0.1) is 5.82 Å². The molecule has 5 rings (SSSR count). The van der Waals surface area contributed by atoms with Gasteiger partial charge in [-0.2, -0.15) is 14.7 Å². The molecular formula is C21H15FN8. The summed E-state index contributed by atoms with van der Waals surface area (Å²) >= 11 is 0. The Morgan fingerprint density at radius 2 is 1.77 bits per heavy atom. The van der Waals surface area contributed by atoms with E-state index < -0.39 is 5.82 Å². The number of aromatic nitrogens is 7. The topological polar surface area (TPSA) is 108 Å². The number of nitrogens with zero attached hydrogens (tertiary/aromatic N) is 7. The Balaban J connectivity index is 1.75. The van der Waals surface area contributed by atoms with E-state index in [-0.39, 0.29) is 18.1 Å². The number of benzene rings is 1. The van der Waals surface area contributed by atoms with Gasteiger partial charge < -0.3 is 5.73 Å². The van der Waals surface area contributed by atoms with E-state index in [1.54, 1.807) is 18.5 Å². The molecule has 0 aliphatic rings. The van der Waals surface area contributed by atoms with Gasteiger partial charge in [-0.25, -0.2) is 14.4 Å². The summed E-state index contributed by atoms with van der Waals surface area (Å²) < 4.78 is 15.5. The van der Waals surface area contributed by atoms with Gasteiger partial charge in [0, 0.05) is 17.3 Å². The number of hydrogen-bond acceptors (Lipinski definition) is 7. The second-order valence-corrected chi connectivity index (χ2v) is 6.56. The van der Waals surface area contributed by atoms with Crippen LogP contribution in [0.25, 0.3) is 28.0 Å². The van der Waals surface area contributed by atoms with Crippen molar-refractivity contribution < 1.29 is 4.39 Å². The van der Waals surface area contributed by atoms with E-state index in [0.717, 1.165) is 11.1 Å². The molecule has 146 valence electrons. The molecule has 0 spiro atoms. The van der Waals surface area contributed by atoms with Gasteiger partial charge in [0.05, 0.1) is 35.8 Å². The highest BCUT2D eigenvalue weighted by atomic mass is 19.1. The molecule has 0 atom stereocenters. The van der Waals surface area contributed by atoms with E-state index >= 15 is 0 Å². The number of pyridine rings is 1. The van der Waals surface area contributed by atoms with Crippen LogP contribution in [0.5, 0.6) is 0 Å². The highest BCUT2D eigenvalue weighted by Gasteiger charge is 2.20. The summed E-state index contributed by atoms with van der Waals surface area (Å²) in [6, 6.07) is 14.4. The third-order valence-corrected chi connectivity index (χ3v) is 4.64. The van der Waals surface area contributed by atoms with Crippen LogP contribution in [-0.2, 0) is 6.42 Å². The van der Waals surface area contributed by atoms with Gasteiger partial charge in [0.15, 0.2) is 11.5 Å². The second kappa shape index (κ2) is 7.28. The molecule has 1 aromatic carbocycles. The van der Waals surface area contributed by atoms with Gasteiger partial charge in [0.2, 0.25) is 5.95 Å². The van der Waals surface area contributed by atoms with Gasteiger partial charge >= 0.3 is 0 Å². The van der Waals surface area contributed by atoms with E-state index in [4.69, 9.17) is 5.73 Å². The number of fused-ring (bicyclic) bond motifs is 1. The lowest BCUT2D eigenvalue weighted by molar-refractivity contribution is 0.601. The van der Waals surface area contributed by atoms with Crippen molar-refractivity contribution in [3.8, 4) is 22.4 Å².